The molecule has 0 bridgehead atoms. The molecule has 3 nitrogen and oxygen atoms in total. The first-order valence-corrected chi connectivity index (χ1v) is 9.73. The van der Waals surface area contributed by atoms with E-state index < -0.39 is 0 Å². The predicted octanol–water partition coefficient (Wildman–Crippen LogP) is 5.44. The molecule has 0 aliphatic heterocycles. The van der Waals surface area contributed by atoms with Crippen LogP contribution < -0.4 is 10.1 Å². The molecule has 0 spiro atoms. The molecule has 0 atom stereocenters. The Morgan fingerprint density at radius 1 is 1.04 bits per heavy atom. The summed E-state index contributed by atoms with van der Waals surface area (Å²) in [4.78, 5) is 0. The fourth-order valence-electron chi connectivity index (χ4n) is 3.96. The van der Waals surface area contributed by atoms with Crippen LogP contribution in [0.5, 0.6) is 5.75 Å². The topological polar surface area (TPSA) is 45.0 Å². The van der Waals surface area contributed by atoms with Crippen molar-refractivity contribution in [3.8, 4) is 11.8 Å². The van der Waals surface area contributed by atoms with Gasteiger partial charge in [0.05, 0.1) is 18.7 Å². The summed E-state index contributed by atoms with van der Waals surface area (Å²) >= 11 is 0. The predicted molar refractivity (Wildman–Crippen MR) is 107 cm³/mol. The van der Waals surface area contributed by atoms with Crippen LogP contribution in [0, 0.1) is 22.7 Å². The van der Waals surface area contributed by atoms with Crippen molar-refractivity contribution in [1.82, 2.24) is 5.32 Å². The molecule has 0 heterocycles. The smallest absolute Gasteiger partial charge is 0.120 e. The Bertz CT molecular complexity index is 777. The van der Waals surface area contributed by atoms with Crippen LogP contribution in [0.1, 0.15) is 52.0 Å². The van der Waals surface area contributed by atoms with Gasteiger partial charge in [-0.05, 0) is 71.6 Å². The van der Waals surface area contributed by atoms with E-state index in [4.69, 9.17) is 10.00 Å². The van der Waals surface area contributed by atoms with Crippen molar-refractivity contribution in [2.24, 2.45) is 11.3 Å². The zero-order chi connectivity index (χ0) is 18.6. The quantitative estimate of drug-likeness (QED) is 0.577. The second-order valence-corrected chi connectivity index (χ2v) is 8.56. The van der Waals surface area contributed by atoms with Gasteiger partial charge in [-0.3, -0.25) is 0 Å². The molecule has 1 fully saturated rings. The third-order valence-electron chi connectivity index (χ3n) is 5.61. The van der Waals surface area contributed by atoms with E-state index in [9.17, 15) is 0 Å². The summed E-state index contributed by atoms with van der Waals surface area (Å²) in [6, 6.07) is 14.9. The Kier molecular flexibility index (Phi) is 5.84. The molecule has 0 radical (unpaired) electrons. The lowest BCUT2D eigenvalue weighted by atomic mass is 9.72. The van der Waals surface area contributed by atoms with Gasteiger partial charge in [0.2, 0.25) is 0 Å². The van der Waals surface area contributed by atoms with E-state index in [0.717, 1.165) is 31.1 Å². The number of nitrogens with one attached hydrogen (secondary N) is 1. The maximum absolute atomic E-state index is 8.61. The third-order valence-corrected chi connectivity index (χ3v) is 5.61. The van der Waals surface area contributed by atoms with Crippen molar-refractivity contribution in [3.63, 3.8) is 0 Å². The van der Waals surface area contributed by atoms with E-state index in [1.807, 2.05) is 0 Å². The Morgan fingerprint density at radius 2 is 1.73 bits per heavy atom. The van der Waals surface area contributed by atoms with Crippen molar-refractivity contribution < 1.29 is 4.74 Å². The van der Waals surface area contributed by atoms with Crippen LogP contribution in [0.2, 0.25) is 0 Å². The minimum absolute atomic E-state index is 0.348. The van der Waals surface area contributed by atoms with Crippen LogP contribution >= 0.6 is 0 Å². The first-order valence-electron chi connectivity index (χ1n) is 9.73. The van der Waals surface area contributed by atoms with Crippen LogP contribution in [-0.4, -0.2) is 12.6 Å². The average Bonchev–Trinajstić information content (AvgIpc) is 2.62. The molecule has 0 saturated heterocycles. The minimum Gasteiger partial charge on any atom is -0.490 e. The van der Waals surface area contributed by atoms with Gasteiger partial charge in [-0.25, -0.2) is 0 Å². The molecule has 26 heavy (non-hydrogen) atoms. The summed E-state index contributed by atoms with van der Waals surface area (Å²) in [6.45, 7) is 8.16. The summed E-state index contributed by atoms with van der Waals surface area (Å²) < 4.78 is 6.29. The Morgan fingerprint density at radius 3 is 2.42 bits per heavy atom. The molecule has 2 aromatic rings. The Labute approximate surface area is 157 Å². The maximum atomic E-state index is 8.61. The molecule has 1 N–H and O–H groups in total. The standard InChI is InChI=1S/C23H30N2O/c1-23(2,3)20-7-10-21(11-8-20)26-22-9-6-18-14-17(16-25-13-12-24)4-5-19(18)15-22/h4-6,9,14-15,20-21,25H,7-8,10-11,13,16H2,1-3H3/t20-,21-. The van der Waals surface area contributed by atoms with Crippen LogP contribution in [0.25, 0.3) is 10.8 Å². The molecular formula is C23H30N2O. The van der Waals surface area contributed by atoms with Gasteiger partial charge < -0.3 is 10.1 Å². The molecule has 3 rings (SSSR count). The van der Waals surface area contributed by atoms with Gasteiger partial charge in [0.15, 0.2) is 0 Å². The van der Waals surface area contributed by atoms with Crippen LogP contribution in [0.3, 0.4) is 0 Å². The van der Waals surface area contributed by atoms with Crippen molar-refractivity contribution in [1.29, 1.82) is 5.26 Å². The largest absolute Gasteiger partial charge is 0.490 e. The van der Waals surface area contributed by atoms with Crippen LogP contribution in [0.15, 0.2) is 36.4 Å². The summed E-state index contributed by atoms with van der Waals surface area (Å²) in [7, 11) is 0. The summed E-state index contributed by atoms with van der Waals surface area (Å²) in [6.07, 6.45) is 5.19. The number of fused-ring (bicyclic) bond motifs is 1. The molecule has 0 unspecified atom stereocenters. The molecule has 2 aromatic carbocycles. The SMILES string of the molecule is CC(C)(C)[C@H]1CC[C@H](Oc2ccc3cc(CNCC#N)ccc3c2)CC1. The number of rotatable bonds is 5. The lowest BCUT2D eigenvalue weighted by Crippen LogP contribution is -2.30. The first-order chi connectivity index (χ1) is 12.5. The molecule has 1 saturated carbocycles. The summed E-state index contributed by atoms with van der Waals surface area (Å²) in [5, 5.41) is 14.1. The minimum atomic E-state index is 0.348. The van der Waals surface area contributed by atoms with Crippen LogP contribution in [0.4, 0.5) is 0 Å². The van der Waals surface area contributed by atoms with Gasteiger partial charge in [-0.1, -0.05) is 39.0 Å². The fraction of sp³-hybridized carbons (Fsp3) is 0.522. The molecule has 1 aliphatic carbocycles. The number of hydrogen-bond acceptors (Lipinski definition) is 3. The average molecular weight is 351 g/mol. The molecule has 3 heteroatoms. The van der Waals surface area contributed by atoms with Gasteiger partial charge in [0.1, 0.15) is 5.75 Å². The van der Waals surface area contributed by atoms with Gasteiger partial charge in [-0.15, -0.1) is 0 Å². The van der Waals surface area contributed by atoms with Crippen molar-refractivity contribution >= 4 is 10.8 Å². The number of nitriles is 1. The zero-order valence-electron chi connectivity index (χ0n) is 16.2. The molecular weight excluding hydrogens is 320 g/mol. The van der Waals surface area contributed by atoms with Crippen molar-refractivity contribution in [3.05, 3.63) is 42.0 Å². The van der Waals surface area contributed by atoms with Crippen molar-refractivity contribution in [2.75, 3.05) is 6.54 Å². The van der Waals surface area contributed by atoms with Gasteiger partial charge >= 0.3 is 0 Å². The highest BCUT2D eigenvalue weighted by Crippen LogP contribution is 2.38. The third kappa shape index (κ3) is 4.77. The Balaban J connectivity index is 1.61. The fourth-order valence-corrected chi connectivity index (χ4v) is 3.96. The maximum Gasteiger partial charge on any atom is 0.120 e. The lowest BCUT2D eigenvalue weighted by molar-refractivity contribution is 0.0883. The van der Waals surface area contributed by atoms with E-state index in [-0.39, 0.29) is 0 Å². The zero-order valence-corrected chi connectivity index (χ0v) is 16.2. The second kappa shape index (κ2) is 8.10. The van der Waals surface area contributed by atoms with Crippen LogP contribution in [-0.2, 0) is 6.54 Å². The second-order valence-electron chi connectivity index (χ2n) is 8.56. The van der Waals surface area contributed by atoms with Crippen molar-refractivity contribution in [2.45, 2.75) is 59.1 Å². The normalized spacial score (nSPS) is 20.7. The highest BCUT2D eigenvalue weighted by atomic mass is 16.5. The van der Waals surface area contributed by atoms with E-state index in [1.54, 1.807) is 0 Å². The van der Waals surface area contributed by atoms with E-state index in [0.29, 0.717) is 18.1 Å². The Hall–Kier alpha value is -2.05. The number of hydrogen-bond donors (Lipinski definition) is 1. The van der Waals surface area contributed by atoms with E-state index >= 15 is 0 Å². The molecule has 0 aromatic heterocycles. The molecule has 1 aliphatic rings. The van der Waals surface area contributed by atoms with Gasteiger partial charge in [0, 0.05) is 6.54 Å². The summed E-state index contributed by atoms with van der Waals surface area (Å²) in [5.41, 5.74) is 1.61. The van der Waals surface area contributed by atoms with E-state index in [2.05, 4.69) is 68.6 Å². The monoisotopic (exact) mass is 350 g/mol. The van der Waals surface area contributed by atoms with E-state index in [1.165, 1.54) is 29.2 Å². The molecule has 0 amide bonds. The van der Waals surface area contributed by atoms with Gasteiger partial charge in [-0.2, -0.15) is 5.26 Å². The first kappa shape index (κ1) is 18.7. The number of ether oxygens (including phenoxy) is 1. The highest BCUT2D eigenvalue weighted by Gasteiger charge is 2.30. The highest BCUT2D eigenvalue weighted by molar-refractivity contribution is 5.84. The summed E-state index contributed by atoms with van der Waals surface area (Å²) in [5.74, 6) is 1.79. The molecule has 138 valence electrons. The lowest BCUT2D eigenvalue weighted by Gasteiger charge is -2.37. The number of benzene rings is 2. The number of nitrogens with zero attached hydrogens (tertiary/aromatic N) is 1. The van der Waals surface area contributed by atoms with Gasteiger partial charge in [0.25, 0.3) is 0 Å².